The number of aryl methyl sites for hydroxylation is 2. The maximum atomic E-state index is 12.4. The molecule has 0 aliphatic carbocycles. The summed E-state index contributed by atoms with van der Waals surface area (Å²) in [7, 11) is 1.30. The Morgan fingerprint density at radius 1 is 0.964 bits per heavy atom. The molecule has 0 fully saturated rings. The maximum absolute atomic E-state index is 12.4. The van der Waals surface area contributed by atoms with Gasteiger partial charge in [-0.2, -0.15) is 0 Å². The number of methoxy groups -OCH3 is 1. The van der Waals surface area contributed by atoms with Gasteiger partial charge in [0, 0.05) is 23.8 Å². The summed E-state index contributed by atoms with van der Waals surface area (Å²) in [4.78, 5) is 32.4. The molecule has 0 aliphatic heterocycles. The van der Waals surface area contributed by atoms with Crippen molar-refractivity contribution >= 4 is 29.2 Å². The number of hydrogen-bond donors (Lipinski definition) is 2. The Bertz CT molecular complexity index is 1020. The third-order valence-corrected chi connectivity index (χ3v) is 4.08. The molecule has 0 saturated carbocycles. The second-order valence-electron chi connectivity index (χ2n) is 6.27. The van der Waals surface area contributed by atoms with Crippen LogP contribution in [0.5, 0.6) is 0 Å². The molecule has 0 unspecified atom stereocenters. The molecule has 0 saturated heterocycles. The minimum atomic E-state index is -0.471. The second-order valence-corrected chi connectivity index (χ2v) is 6.27. The van der Waals surface area contributed by atoms with E-state index in [1.165, 1.54) is 25.1 Å². The lowest BCUT2D eigenvalue weighted by Gasteiger charge is -2.09. The number of carbonyl (C=O) groups is 2. The Labute approximate surface area is 162 Å². The largest absolute Gasteiger partial charge is 0.465 e. The summed E-state index contributed by atoms with van der Waals surface area (Å²) in [6.45, 7) is 4.03. The van der Waals surface area contributed by atoms with Crippen LogP contribution in [0.25, 0.3) is 0 Å². The molecule has 0 radical (unpaired) electrons. The summed E-state index contributed by atoms with van der Waals surface area (Å²) in [6, 6.07) is 12.5. The standard InChI is InChI=1S/C21H20N4O3/c1-13-7-8-18(14(2)9-13)25-21-22-11-16(12-23-21)19(26)24-17-6-4-5-15(10-17)20(27)28-3/h4-12H,1-3H3,(H,24,26)(H,22,23,25). The van der Waals surface area contributed by atoms with Crippen molar-refractivity contribution in [1.82, 2.24) is 9.97 Å². The number of nitrogens with zero attached hydrogens (tertiary/aromatic N) is 2. The molecule has 7 heteroatoms. The van der Waals surface area contributed by atoms with Crippen LogP contribution in [-0.4, -0.2) is 29.0 Å². The van der Waals surface area contributed by atoms with Gasteiger partial charge in [0.1, 0.15) is 0 Å². The van der Waals surface area contributed by atoms with Crippen LogP contribution in [0.4, 0.5) is 17.3 Å². The van der Waals surface area contributed by atoms with E-state index in [1.54, 1.807) is 24.3 Å². The minimum Gasteiger partial charge on any atom is -0.465 e. The van der Waals surface area contributed by atoms with Crippen molar-refractivity contribution < 1.29 is 14.3 Å². The lowest BCUT2D eigenvalue weighted by Crippen LogP contribution is -2.13. The first-order valence-electron chi connectivity index (χ1n) is 8.62. The van der Waals surface area contributed by atoms with Crippen LogP contribution >= 0.6 is 0 Å². The predicted molar refractivity (Wildman–Crippen MR) is 107 cm³/mol. The van der Waals surface area contributed by atoms with E-state index in [9.17, 15) is 9.59 Å². The summed E-state index contributed by atoms with van der Waals surface area (Å²) in [5, 5.41) is 5.85. The first kappa shape index (κ1) is 19.0. The van der Waals surface area contributed by atoms with Crippen LogP contribution < -0.4 is 10.6 Å². The Morgan fingerprint density at radius 2 is 1.71 bits per heavy atom. The van der Waals surface area contributed by atoms with Crippen LogP contribution in [-0.2, 0) is 4.74 Å². The number of nitrogens with one attached hydrogen (secondary N) is 2. The summed E-state index contributed by atoms with van der Waals surface area (Å²) in [6.07, 6.45) is 2.89. The summed E-state index contributed by atoms with van der Waals surface area (Å²) in [5.41, 5.74) is 4.29. The van der Waals surface area contributed by atoms with E-state index in [4.69, 9.17) is 0 Å². The Kier molecular flexibility index (Phi) is 5.64. The molecule has 3 rings (SSSR count). The van der Waals surface area contributed by atoms with E-state index < -0.39 is 5.97 Å². The van der Waals surface area contributed by atoms with Crippen molar-refractivity contribution in [1.29, 1.82) is 0 Å². The Balaban J connectivity index is 1.69. The fourth-order valence-electron chi connectivity index (χ4n) is 2.63. The molecule has 1 heterocycles. The van der Waals surface area contributed by atoms with Gasteiger partial charge in [-0.1, -0.05) is 23.8 Å². The molecule has 2 N–H and O–H groups in total. The third-order valence-electron chi connectivity index (χ3n) is 4.08. The average molecular weight is 376 g/mol. The van der Waals surface area contributed by atoms with Crippen LogP contribution in [0.15, 0.2) is 54.9 Å². The molecule has 2 aromatic carbocycles. The van der Waals surface area contributed by atoms with Crippen molar-refractivity contribution in [2.75, 3.05) is 17.7 Å². The number of esters is 1. The van der Waals surface area contributed by atoms with Crippen LogP contribution in [0.2, 0.25) is 0 Å². The predicted octanol–water partition coefficient (Wildman–Crippen LogP) is 3.88. The first-order valence-corrected chi connectivity index (χ1v) is 8.62. The third kappa shape index (κ3) is 4.50. The van der Waals surface area contributed by atoms with Crippen LogP contribution in [0.3, 0.4) is 0 Å². The number of aromatic nitrogens is 2. The van der Waals surface area contributed by atoms with Crippen molar-refractivity contribution in [2.24, 2.45) is 0 Å². The van der Waals surface area contributed by atoms with Gasteiger partial charge in [0.15, 0.2) is 0 Å². The highest BCUT2D eigenvalue weighted by molar-refractivity contribution is 6.04. The normalized spacial score (nSPS) is 10.2. The molecular formula is C21H20N4O3. The average Bonchev–Trinajstić information content (AvgIpc) is 2.70. The van der Waals surface area contributed by atoms with E-state index in [0.29, 0.717) is 22.8 Å². The monoisotopic (exact) mass is 376 g/mol. The van der Waals surface area contributed by atoms with E-state index in [2.05, 4.69) is 31.4 Å². The molecule has 0 aliphatic rings. The molecule has 0 atom stereocenters. The number of rotatable bonds is 5. The number of ether oxygens (including phenoxy) is 1. The van der Waals surface area contributed by atoms with Crippen molar-refractivity contribution in [3.63, 3.8) is 0 Å². The van der Waals surface area contributed by atoms with Gasteiger partial charge < -0.3 is 15.4 Å². The van der Waals surface area contributed by atoms with Crippen molar-refractivity contribution in [2.45, 2.75) is 13.8 Å². The summed E-state index contributed by atoms with van der Waals surface area (Å²) >= 11 is 0. The van der Waals surface area contributed by atoms with Crippen molar-refractivity contribution in [3.05, 3.63) is 77.1 Å². The molecule has 7 nitrogen and oxygen atoms in total. The number of carbonyl (C=O) groups excluding carboxylic acids is 2. The van der Waals surface area contributed by atoms with E-state index in [1.807, 2.05) is 26.0 Å². The quantitative estimate of drug-likeness (QED) is 0.657. The molecular weight excluding hydrogens is 356 g/mol. The van der Waals surface area contributed by atoms with Gasteiger partial charge >= 0.3 is 5.97 Å². The van der Waals surface area contributed by atoms with Gasteiger partial charge in [-0.3, -0.25) is 4.79 Å². The highest BCUT2D eigenvalue weighted by Gasteiger charge is 2.11. The SMILES string of the molecule is COC(=O)c1cccc(NC(=O)c2cnc(Nc3ccc(C)cc3C)nc2)c1. The lowest BCUT2D eigenvalue weighted by molar-refractivity contribution is 0.0600. The lowest BCUT2D eigenvalue weighted by atomic mass is 10.1. The number of anilines is 3. The van der Waals surface area contributed by atoms with Crippen molar-refractivity contribution in [3.8, 4) is 0 Å². The van der Waals surface area contributed by atoms with Gasteiger partial charge in [-0.25, -0.2) is 14.8 Å². The fraction of sp³-hybridized carbons (Fsp3) is 0.143. The second kappa shape index (κ2) is 8.30. The summed E-state index contributed by atoms with van der Waals surface area (Å²) in [5.74, 6) is -0.447. The zero-order valence-corrected chi connectivity index (χ0v) is 15.8. The molecule has 3 aromatic rings. The number of hydrogen-bond acceptors (Lipinski definition) is 6. The van der Waals surface area contributed by atoms with Gasteiger partial charge in [0.25, 0.3) is 5.91 Å². The first-order chi connectivity index (χ1) is 13.5. The molecule has 1 aromatic heterocycles. The Morgan fingerprint density at radius 3 is 2.39 bits per heavy atom. The summed E-state index contributed by atoms with van der Waals surface area (Å²) < 4.78 is 4.68. The highest BCUT2D eigenvalue weighted by Crippen LogP contribution is 2.19. The molecule has 142 valence electrons. The fourth-order valence-corrected chi connectivity index (χ4v) is 2.63. The van der Waals surface area contributed by atoms with E-state index in [0.717, 1.165) is 11.3 Å². The van der Waals surface area contributed by atoms with Gasteiger partial charge in [-0.05, 0) is 43.7 Å². The van der Waals surface area contributed by atoms with E-state index >= 15 is 0 Å². The zero-order chi connectivity index (χ0) is 20.1. The Hall–Kier alpha value is -3.74. The van der Waals surface area contributed by atoms with Gasteiger partial charge in [0.2, 0.25) is 5.95 Å². The highest BCUT2D eigenvalue weighted by atomic mass is 16.5. The molecule has 1 amide bonds. The topological polar surface area (TPSA) is 93.2 Å². The molecule has 0 spiro atoms. The van der Waals surface area contributed by atoms with Gasteiger partial charge in [0.05, 0.1) is 18.2 Å². The maximum Gasteiger partial charge on any atom is 0.337 e. The number of benzene rings is 2. The van der Waals surface area contributed by atoms with Crippen LogP contribution in [0, 0.1) is 13.8 Å². The van der Waals surface area contributed by atoms with E-state index in [-0.39, 0.29) is 5.91 Å². The minimum absolute atomic E-state index is 0.301. The van der Waals surface area contributed by atoms with Gasteiger partial charge in [-0.15, -0.1) is 0 Å². The number of amides is 1. The zero-order valence-electron chi connectivity index (χ0n) is 15.8. The molecule has 28 heavy (non-hydrogen) atoms. The molecule has 0 bridgehead atoms. The smallest absolute Gasteiger partial charge is 0.337 e. The van der Waals surface area contributed by atoms with Crippen LogP contribution in [0.1, 0.15) is 31.8 Å².